The molecule has 5 nitrogen and oxygen atoms in total. The van der Waals surface area contributed by atoms with Crippen LogP contribution in [-0.2, 0) is 0 Å². The Morgan fingerprint density at radius 1 is 0.379 bits per heavy atom. The average molecular weight is 746 g/mol. The predicted octanol–water partition coefficient (Wildman–Crippen LogP) is 15.2. The first-order valence-corrected chi connectivity index (χ1v) is 19.5. The molecule has 0 amide bonds. The smallest absolute Gasteiger partial charge is 0.140 e. The third-order valence-electron chi connectivity index (χ3n) is 11.3. The van der Waals surface area contributed by atoms with Gasteiger partial charge in [0.15, 0.2) is 0 Å². The SMILES string of the molecule is Cc1cccc(N(c2ccccc2)c2ccc3cc4c(cc3c2)oc2cc3oc5cc6cc(N(c7ccccc7)c7cccc(C)c7)ccc6cc5c3c(C#N)c24)c1. The quantitative estimate of drug-likeness (QED) is 0.170. The van der Waals surface area contributed by atoms with Crippen molar-refractivity contribution in [1.29, 1.82) is 5.26 Å². The highest BCUT2D eigenvalue weighted by Crippen LogP contribution is 2.44. The Hall–Kier alpha value is -7.81. The lowest BCUT2D eigenvalue weighted by Gasteiger charge is -2.26. The van der Waals surface area contributed by atoms with Crippen molar-refractivity contribution in [1.82, 2.24) is 0 Å². The van der Waals surface area contributed by atoms with Crippen LogP contribution < -0.4 is 9.80 Å². The van der Waals surface area contributed by atoms with Gasteiger partial charge in [-0.1, -0.05) is 72.8 Å². The average Bonchev–Trinajstić information content (AvgIpc) is 3.78. The lowest BCUT2D eigenvalue weighted by Crippen LogP contribution is -2.09. The fraction of sp³-hybridized carbons (Fsp3) is 0.0377. The molecule has 274 valence electrons. The Kier molecular flexibility index (Phi) is 7.60. The lowest BCUT2D eigenvalue weighted by molar-refractivity contribution is 0.656. The number of para-hydroxylation sites is 2. The van der Waals surface area contributed by atoms with Crippen LogP contribution in [0.1, 0.15) is 16.7 Å². The van der Waals surface area contributed by atoms with E-state index in [9.17, 15) is 5.26 Å². The summed E-state index contributed by atoms with van der Waals surface area (Å²) in [5, 5.41) is 18.5. The van der Waals surface area contributed by atoms with Crippen molar-refractivity contribution in [2.75, 3.05) is 9.80 Å². The van der Waals surface area contributed by atoms with E-state index in [2.05, 4.69) is 187 Å². The second-order valence-electron chi connectivity index (χ2n) is 15.1. The van der Waals surface area contributed by atoms with Crippen LogP contribution in [0.4, 0.5) is 34.1 Å². The van der Waals surface area contributed by atoms with Gasteiger partial charge in [0.1, 0.15) is 28.4 Å². The summed E-state index contributed by atoms with van der Waals surface area (Å²) in [6, 6.07) is 64.0. The monoisotopic (exact) mass is 745 g/mol. The predicted molar refractivity (Wildman–Crippen MR) is 240 cm³/mol. The van der Waals surface area contributed by atoms with Crippen molar-refractivity contribution in [3.63, 3.8) is 0 Å². The van der Waals surface area contributed by atoms with Crippen LogP contribution >= 0.6 is 0 Å². The zero-order chi connectivity index (χ0) is 38.9. The number of nitrogens with zero attached hydrogens (tertiary/aromatic N) is 3. The van der Waals surface area contributed by atoms with Crippen LogP contribution in [0.3, 0.4) is 0 Å². The van der Waals surface area contributed by atoms with Gasteiger partial charge in [-0.2, -0.15) is 5.26 Å². The van der Waals surface area contributed by atoms with Crippen LogP contribution in [0.2, 0.25) is 0 Å². The van der Waals surface area contributed by atoms with E-state index in [1.54, 1.807) is 0 Å². The number of nitriles is 1. The van der Waals surface area contributed by atoms with Gasteiger partial charge in [-0.15, -0.1) is 0 Å². The molecule has 0 unspecified atom stereocenters. The van der Waals surface area contributed by atoms with Crippen molar-refractivity contribution in [2.45, 2.75) is 13.8 Å². The van der Waals surface area contributed by atoms with E-state index in [1.165, 1.54) is 11.1 Å². The summed E-state index contributed by atoms with van der Waals surface area (Å²) in [7, 11) is 0. The van der Waals surface area contributed by atoms with Crippen LogP contribution in [0.25, 0.3) is 65.4 Å². The maximum atomic E-state index is 10.8. The minimum Gasteiger partial charge on any atom is -0.456 e. The number of rotatable bonds is 6. The van der Waals surface area contributed by atoms with Gasteiger partial charge in [0.25, 0.3) is 0 Å². The van der Waals surface area contributed by atoms with Gasteiger partial charge < -0.3 is 18.6 Å². The van der Waals surface area contributed by atoms with Gasteiger partial charge >= 0.3 is 0 Å². The lowest BCUT2D eigenvalue weighted by atomic mass is 9.98. The Bertz CT molecular complexity index is 3230. The molecule has 0 radical (unpaired) electrons. The van der Waals surface area contributed by atoms with Crippen molar-refractivity contribution in [3.8, 4) is 6.07 Å². The van der Waals surface area contributed by atoms with Crippen molar-refractivity contribution < 1.29 is 8.83 Å². The topological polar surface area (TPSA) is 56.6 Å². The Morgan fingerprint density at radius 2 is 0.810 bits per heavy atom. The second kappa shape index (κ2) is 13.2. The van der Waals surface area contributed by atoms with Crippen LogP contribution in [-0.4, -0.2) is 0 Å². The summed E-state index contributed by atoms with van der Waals surface area (Å²) in [4.78, 5) is 4.55. The van der Waals surface area contributed by atoms with Gasteiger partial charge in [-0.05, 0) is 144 Å². The molecule has 0 bridgehead atoms. The molecule has 0 aliphatic rings. The molecule has 5 heteroatoms. The van der Waals surface area contributed by atoms with E-state index in [0.29, 0.717) is 16.7 Å². The van der Waals surface area contributed by atoms with Gasteiger partial charge in [-0.25, -0.2) is 0 Å². The first kappa shape index (κ1) is 33.5. The molecule has 0 spiro atoms. The number of furan rings is 2. The number of hydrogen-bond acceptors (Lipinski definition) is 5. The van der Waals surface area contributed by atoms with E-state index in [1.807, 2.05) is 18.2 Å². The highest BCUT2D eigenvalue weighted by atomic mass is 16.3. The van der Waals surface area contributed by atoms with E-state index in [4.69, 9.17) is 8.83 Å². The standard InChI is InChI=1S/C53H35N3O2/c1-33-11-9-17-41(23-33)55(39-13-5-3-6-14-39)43-21-19-35-27-45-48(29-37(35)25-43)57-50-31-51-53(47(32-54)52(45)50)46-28-36-20-22-44(26-38(36)30-49(46)58-51)56(40-15-7-4-8-16-40)42-18-10-12-34(2)24-42/h3-31H,1-2H3. The number of anilines is 6. The molecule has 11 aromatic rings. The Labute approximate surface area is 334 Å². The van der Waals surface area contributed by atoms with Crippen LogP contribution in [0.5, 0.6) is 0 Å². The highest BCUT2D eigenvalue weighted by Gasteiger charge is 2.22. The fourth-order valence-corrected chi connectivity index (χ4v) is 8.63. The van der Waals surface area contributed by atoms with Gasteiger partial charge in [0, 0.05) is 61.7 Å². The summed E-state index contributed by atoms with van der Waals surface area (Å²) >= 11 is 0. The largest absolute Gasteiger partial charge is 0.456 e. The normalized spacial score (nSPS) is 11.6. The molecule has 0 saturated carbocycles. The molecular formula is C53H35N3O2. The molecular weight excluding hydrogens is 711 g/mol. The van der Waals surface area contributed by atoms with Crippen molar-refractivity contribution >= 4 is 99.5 Å². The van der Waals surface area contributed by atoms with E-state index in [-0.39, 0.29) is 0 Å². The summed E-state index contributed by atoms with van der Waals surface area (Å²) in [5.74, 6) is 0. The first-order valence-electron chi connectivity index (χ1n) is 19.5. The van der Waals surface area contributed by atoms with Gasteiger partial charge in [0.2, 0.25) is 0 Å². The third kappa shape index (κ3) is 5.46. The molecule has 0 atom stereocenters. The zero-order valence-corrected chi connectivity index (χ0v) is 31.9. The van der Waals surface area contributed by atoms with Crippen molar-refractivity contribution in [3.05, 3.63) is 193 Å². The zero-order valence-electron chi connectivity index (χ0n) is 31.9. The molecule has 0 aliphatic carbocycles. The minimum absolute atomic E-state index is 0.557. The first-order chi connectivity index (χ1) is 28.5. The third-order valence-corrected chi connectivity index (χ3v) is 11.3. The van der Waals surface area contributed by atoms with Gasteiger partial charge in [0.05, 0.1) is 5.56 Å². The van der Waals surface area contributed by atoms with Crippen molar-refractivity contribution in [2.24, 2.45) is 0 Å². The number of benzene rings is 9. The molecule has 9 aromatic carbocycles. The van der Waals surface area contributed by atoms with Gasteiger partial charge in [-0.3, -0.25) is 0 Å². The maximum absolute atomic E-state index is 10.8. The maximum Gasteiger partial charge on any atom is 0.140 e. The summed E-state index contributed by atoms with van der Waals surface area (Å²) < 4.78 is 13.1. The Balaban J connectivity index is 1.05. The van der Waals surface area contributed by atoms with E-state index in [0.717, 1.165) is 88.4 Å². The number of hydrogen-bond donors (Lipinski definition) is 0. The molecule has 2 aromatic heterocycles. The van der Waals surface area contributed by atoms with E-state index >= 15 is 0 Å². The molecule has 0 saturated heterocycles. The molecule has 11 rings (SSSR count). The minimum atomic E-state index is 0.557. The second-order valence-corrected chi connectivity index (χ2v) is 15.1. The van der Waals surface area contributed by atoms with Crippen LogP contribution in [0.15, 0.2) is 185 Å². The molecule has 0 aliphatic heterocycles. The molecule has 0 fully saturated rings. The van der Waals surface area contributed by atoms with E-state index < -0.39 is 0 Å². The highest BCUT2D eigenvalue weighted by molar-refractivity contribution is 6.22. The molecule has 0 N–H and O–H groups in total. The number of aryl methyl sites for hydroxylation is 2. The summed E-state index contributed by atoms with van der Waals surface area (Å²) in [6.45, 7) is 4.23. The Morgan fingerprint density at radius 3 is 1.24 bits per heavy atom. The fourth-order valence-electron chi connectivity index (χ4n) is 8.63. The summed E-state index contributed by atoms with van der Waals surface area (Å²) in [5.41, 5.74) is 12.1. The summed E-state index contributed by atoms with van der Waals surface area (Å²) in [6.07, 6.45) is 0. The number of fused-ring (bicyclic) bond motifs is 8. The molecule has 58 heavy (non-hydrogen) atoms. The van der Waals surface area contributed by atoms with Crippen LogP contribution in [0, 0.1) is 25.2 Å². The molecule has 2 heterocycles.